The van der Waals surface area contributed by atoms with Gasteiger partial charge in [-0.15, -0.1) is 0 Å². The van der Waals surface area contributed by atoms with Gasteiger partial charge in [-0.05, 0) is 84.9 Å². The molecule has 3 aromatic carbocycles. The fraction of sp³-hybridized carbons (Fsp3) is 0.104. The largest absolute Gasteiger partial charge is 0.491 e. The molecule has 0 aliphatic carbocycles. The molecule has 0 fully saturated rings. The average molecular weight is 915 g/mol. The number of methoxy groups -OCH3 is 4. The first-order chi connectivity index (χ1) is 33.1. The quantitative estimate of drug-likeness (QED) is 0.0713. The second-order valence-electron chi connectivity index (χ2n) is 14.4. The van der Waals surface area contributed by atoms with Crippen molar-refractivity contribution in [2.45, 2.75) is 0 Å². The summed E-state index contributed by atoms with van der Waals surface area (Å²) in [5.74, 6) is 1.31. The van der Waals surface area contributed by atoms with E-state index in [1.54, 1.807) is 146 Å². The maximum Gasteiger partial charge on any atom is 0.335 e. The number of ether oxygens (including phenoxy) is 4. The lowest BCUT2D eigenvalue weighted by molar-refractivity contribution is 0.0696. The van der Waals surface area contributed by atoms with Crippen molar-refractivity contribution in [1.82, 2.24) is 44.5 Å². The van der Waals surface area contributed by atoms with E-state index in [0.29, 0.717) is 91.3 Å². The second-order valence-corrected chi connectivity index (χ2v) is 14.4. The Morgan fingerprint density at radius 3 is 1.53 bits per heavy atom. The van der Waals surface area contributed by atoms with Crippen molar-refractivity contribution >= 4 is 57.8 Å². The van der Waals surface area contributed by atoms with Crippen LogP contribution < -0.4 is 40.2 Å². The molecule has 0 radical (unpaired) electrons. The fourth-order valence-electron chi connectivity index (χ4n) is 6.86. The van der Waals surface area contributed by atoms with Crippen LogP contribution in [0.3, 0.4) is 0 Å². The zero-order chi connectivity index (χ0) is 47.7. The summed E-state index contributed by atoms with van der Waals surface area (Å²) in [7, 11) is 7.70. The smallest absolute Gasteiger partial charge is 0.335 e. The number of carboxylic acids is 1. The number of anilines is 5. The predicted octanol–water partition coefficient (Wildman–Crippen LogP) is 7.41. The summed E-state index contributed by atoms with van der Waals surface area (Å²) in [4.78, 5) is 53.6. The number of hydrogen-bond acceptors (Lipinski definition) is 15. The minimum absolute atomic E-state index is 0.186. The molecule has 0 saturated heterocycles. The Kier molecular flexibility index (Phi) is 13.3. The number of hydrogen-bond donors (Lipinski definition) is 5. The molecule has 9 rings (SSSR count). The number of imidazole rings is 2. The monoisotopic (exact) mass is 914 g/mol. The van der Waals surface area contributed by atoms with Crippen LogP contribution in [0.1, 0.15) is 31.1 Å². The molecule has 6 aromatic heterocycles. The molecule has 0 unspecified atom stereocenters. The second kappa shape index (κ2) is 20.1. The summed E-state index contributed by atoms with van der Waals surface area (Å²) in [6, 6.07) is 31.1. The Labute approximate surface area is 387 Å². The standard InChI is InChI=1S/C28H25N7O4.C20H17N5O4/c1-29-26(36)17-7-9-20(10-8-17)31-27(37)19-6-4-5-18(15-19)21-16-22(25-30-13-14-35(25)34-21)32-24-12-11-23(38-2)28(33-24)39-3;1-28-16-6-7-17(23-19(16)29-2)22-15-11-14(24-25-9-8-21-18(15)25)12-4-3-5-13(10-12)20(26)27/h4-16H,1-3H3,(H,29,36)(H,31,37)(H,32,33);3-11H,1-2H3,(H,22,23)(H,26,27). The van der Waals surface area contributed by atoms with Gasteiger partial charge in [-0.1, -0.05) is 24.3 Å². The van der Waals surface area contributed by atoms with Gasteiger partial charge in [0.2, 0.25) is 0 Å². The van der Waals surface area contributed by atoms with Crippen LogP contribution in [0.15, 0.2) is 134 Å². The topological polar surface area (TPSA) is 243 Å². The van der Waals surface area contributed by atoms with Crippen LogP contribution in [-0.4, -0.2) is 97.5 Å². The van der Waals surface area contributed by atoms with Crippen LogP contribution in [0, 0.1) is 0 Å². The van der Waals surface area contributed by atoms with E-state index >= 15 is 0 Å². The zero-order valence-electron chi connectivity index (χ0n) is 37.1. The Morgan fingerprint density at radius 1 is 0.559 bits per heavy atom. The lowest BCUT2D eigenvalue weighted by Crippen LogP contribution is -2.17. The van der Waals surface area contributed by atoms with Gasteiger partial charge in [0.15, 0.2) is 22.8 Å². The third-order valence-electron chi connectivity index (χ3n) is 10.2. The Bertz CT molecular complexity index is 3300. The summed E-state index contributed by atoms with van der Waals surface area (Å²) in [5, 5.41) is 30.4. The van der Waals surface area contributed by atoms with Crippen molar-refractivity contribution in [3.63, 3.8) is 0 Å². The van der Waals surface area contributed by atoms with E-state index in [9.17, 15) is 19.5 Å². The van der Waals surface area contributed by atoms with Crippen molar-refractivity contribution in [2.24, 2.45) is 0 Å². The molecule has 6 heterocycles. The molecular formula is C48H42N12O8. The van der Waals surface area contributed by atoms with Crippen molar-refractivity contribution in [3.8, 4) is 45.8 Å². The molecule has 68 heavy (non-hydrogen) atoms. The number of pyridine rings is 2. The molecule has 9 aromatic rings. The molecule has 0 aliphatic heterocycles. The van der Waals surface area contributed by atoms with E-state index < -0.39 is 5.97 Å². The number of amides is 2. The highest BCUT2D eigenvalue weighted by Gasteiger charge is 2.16. The average Bonchev–Trinajstić information content (AvgIpc) is 4.07. The fourth-order valence-corrected chi connectivity index (χ4v) is 6.86. The molecule has 0 spiro atoms. The molecule has 2 amide bonds. The van der Waals surface area contributed by atoms with Gasteiger partial charge in [-0.25, -0.2) is 23.8 Å². The van der Waals surface area contributed by atoms with E-state index in [2.05, 4.69) is 51.4 Å². The first-order valence-electron chi connectivity index (χ1n) is 20.6. The summed E-state index contributed by atoms with van der Waals surface area (Å²) in [6.45, 7) is 0. The van der Waals surface area contributed by atoms with Crippen LogP contribution in [0.25, 0.3) is 33.8 Å². The molecule has 20 heteroatoms. The normalized spacial score (nSPS) is 10.7. The number of carbonyl (C=O) groups excluding carboxylic acids is 2. The number of fused-ring (bicyclic) bond motifs is 2. The van der Waals surface area contributed by atoms with E-state index in [1.807, 2.05) is 12.1 Å². The number of nitrogens with zero attached hydrogens (tertiary/aromatic N) is 8. The van der Waals surface area contributed by atoms with Gasteiger partial charge in [0, 0.05) is 59.8 Å². The van der Waals surface area contributed by atoms with Crippen molar-refractivity contribution in [2.75, 3.05) is 51.4 Å². The number of aromatic carboxylic acids is 1. The number of rotatable bonds is 14. The van der Waals surface area contributed by atoms with Crippen molar-refractivity contribution in [1.29, 1.82) is 0 Å². The molecule has 20 nitrogen and oxygen atoms in total. The Hall–Kier alpha value is -9.59. The number of benzene rings is 3. The van der Waals surface area contributed by atoms with Gasteiger partial charge in [0.05, 0.1) is 56.8 Å². The molecule has 0 bridgehead atoms. The first-order valence-corrected chi connectivity index (χ1v) is 20.6. The maximum atomic E-state index is 13.0. The van der Waals surface area contributed by atoms with Crippen LogP contribution in [0.4, 0.5) is 28.7 Å². The SMILES string of the molecule is CNC(=O)c1ccc(NC(=O)c2cccc(-c3cc(Nc4ccc(OC)c(OC)n4)c4nccn4n3)c2)cc1.COc1ccc(Nc2cc(-c3cccc(C(=O)O)c3)nn3ccnc23)nc1OC. The molecular weight excluding hydrogens is 873 g/mol. The molecule has 342 valence electrons. The summed E-state index contributed by atoms with van der Waals surface area (Å²) >= 11 is 0. The highest BCUT2D eigenvalue weighted by atomic mass is 16.5. The van der Waals surface area contributed by atoms with Crippen LogP contribution in [0.5, 0.6) is 23.3 Å². The minimum Gasteiger partial charge on any atom is -0.491 e. The van der Waals surface area contributed by atoms with Gasteiger partial charge < -0.3 is 45.3 Å². The molecule has 0 aliphatic rings. The van der Waals surface area contributed by atoms with Crippen molar-refractivity contribution < 1.29 is 38.4 Å². The third kappa shape index (κ3) is 9.88. The number of nitrogens with one attached hydrogen (secondary N) is 4. The lowest BCUT2D eigenvalue weighted by atomic mass is 10.1. The van der Waals surface area contributed by atoms with E-state index in [1.165, 1.54) is 20.3 Å². The maximum absolute atomic E-state index is 13.0. The number of aromatic nitrogens is 8. The summed E-state index contributed by atoms with van der Waals surface area (Å²) in [6.07, 6.45) is 6.74. The minimum atomic E-state index is -0.997. The van der Waals surface area contributed by atoms with E-state index in [-0.39, 0.29) is 17.4 Å². The van der Waals surface area contributed by atoms with E-state index in [0.717, 1.165) is 5.56 Å². The van der Waals surface area contributed by atoms with Crippen LogP contribution in [0.2, 0.25) is 0 Å². The Balaban J connectivity index is 0.000000192. The molecule has 5 N–H and O–H groups in total. The first kappa shape index (κ1) is 45.0. The predicted molar refractivity (Wildman–Crippen MR) is 253 cm³/mol. The van der Waals surface area contributed by atoms with Crippen molar-refractivity contribution in [3.05, 3.63) is 151 Å². The van der Waals surface area contributed by atoms with Gasteiger partial charge in [0.25, 0.3) is 23.6 Å². The van der Waals surface area contributed by atoms with Gasteiger partial charge in [-0.2, -0.15) is 20.2 Å². The van der Waals surface area contributed by atoms with Gasteiger partial charge in [0.1, 0.15) is 11.6 Å². The Morgan fingerprint density at radius 2 is 1.06 bits per heavy atom. The number of carboxylic acid groups (broad SMARTS) is 1. The third-order valence-corrected chi connectivity index (χ3v) is 10.2. The number of carbonyl (C=O) groups is 3. The zero-order valence-corrected chi connectivity index (χ0v) is 37.1. The van der Waals surface area contributed by atoms with Gasteiger partial charge >= 0.3 is 5.97 Å². The summed E-state index contributed by atoms with van der Waals surface area (Å²) in [5.41, 5.74) is 6.84. The molecule has 0 atom stereocenters. The summed E-state index contributed by atoms with van der Waals surface area (Å²) < 4.78 is 24.3. The van der Waals surface area contributed by atoms with Crippen LogP contribution in [-0.2, 0) is 0 Å². The van der Waals surface area contributed by atoms with Gasteiger partial charge in [-0.3, -0.25) is 9.59 Å². The van der Waals surface area contributed by atoms with Crippen LogP contribution >= 0.6 is 0 Å². The highest BCUT2D eigenvalue weighted by molar-refractivity contribution is 6.05. The lowest BCUT2D eigenvalue weighted by Gasteiger charge is -2.12. The highest BCUT2D eigenvalue weighted by Crippen LogP contribution is 2.32. The van der Waals surface area contributed by atoms with E-state index in [4.69, 9.17) is 18.9 Å². The molecule has 0 saturated carbocycles.